The van der Waals surface area contributed by atoms with Crippen molar-refractivity contribution in [1.29, 1.82) is 0 Å². The van der Waals surface area contributed by atoms with Crippen molar-refractivity contribution in [3.8, 4) is 17.4 Å². The van der Waals surface area contributed by atoms with Gasteiger partial charge in [0.1, 0.15) is 0 Å². The first-order valence-electron chi connectivity index (χ1n) is 6.30. The maximum atomic E-state index is 5.82. The van der Waals surface area contributed by atoms with E-state index in [2.05, 4.69) is 4.98 Å². The summed E-state index contributed by atoms with van der Waals surface area (Å²) in [4.78, 5) is 4.21. The zero-order chi connectivity index (χ0) is 13.7. The summed E-state index contributed by atoms with van der Waals surface area (Å²) >= 11 is 0. The molecule has 0 saturated carbocycles. The second-order valence-electron chi connectivity index (χ2n) is 4.15. The lowest BCUT2D eigenvalue weighted by Crippen LogP contribution is -2.00. The number of aromatic nitrogens is 1. The zero-order valence-corrected chi connectivity index (χ0v) is 11.2. The Morgan fingerprint density at radius 3 is 2.74 bits per heavy atom. The first-order chi connectivity index (χ1) is 9.24. The number of nitrogens with two attached hydrogens (primary N) is 1. The molecular weight excluding hydrogens is 240 g/mol. The van der Waals surface area contributed by atoms with E-state index in [9.17, 15) is 0 Å². The first kappa shape index (κ1) is 13.4. The van der Waals surface area contributed by atoms with E-state index in [0.717, 1.165) is 11.1 Å². The van der Waals surface area contributed by atoms with Gasteiger partial charge in [0, 0.05) is 18.3 Å². The molecule has 0 atom stereocenters. The molecule has 0 fully saturated rings. The quantitative estimate of drug-likeness (QED) is 0.895. The average Bonchev–Trinajstić information content (AvgIpc) is 2.43. The molecule has 4 heteroatoms. The summed E-state index contributed by atoms with van der Waals surface area (Å²) < 4.78 is 11.4. The zero-order valence-electron chi connectivity index (χ0n) is 11.2. The average molecular weight is 258 g/mol. The van der Waals surface area contributed by atoms with Crippen LogP contribution in [0, 0.1) is 6.92 Å². The number of rotatable bonds is 5. The molecular formula is C15H18N2O2. The van der Waals surface area contributed by atoms with Crippen molar-refractivity contribution in [2.24, 2.45) is 5.73 Å². The van der Waals surface area contributed by atoms with Crippen LogP contribution in [-0.4, -0.2) is 11.6 Å². The molecule has 0 spiro atoms. The number of aryl methyl sites for hydroxylation is 1. The van der Waals surface area contributed by atoms with Crippen LogP contribution in [0.5, 0.6) is 17.4 Å². The number of benzene rings is 1. The second kappa shape index (κ2) is 6.20. The van der Waals surface area contributed by atoms with E-state index in [0.29, 0.717) is 30.5 Å². The Hall–Kier alpha value is -2.07. The fourth-order valence-corrected chi connectivity index (χ4v) is 1.71. The lowest BCUT2D eigenvalue weighted by Gasteiger charge is -2.13. The fraction of sp³-hybridized carbons (Fsp3) is 0.267. The van der Waals surface area contributed by atoms with Gasteiger partial charge >= 0.3 is 0 Å². The first-order valence-corrected chi connectivity index (χ1v) is 6.30. The highest BCUT2D eigenvalue weighted by Crippen LogP contribution is 2.32. The van der Waals surface area contributed by atoms with Gasteiger partial charge in [-0.3, -0.25) is 0 Å². The molecule has 0 saturated heterocycles. The van der Waals surface area contributed by atoms with E-state index in [1.165, 1.54) is 0 Å². The van der Waals surface area contributed by atoms with Crippen LogP contribution in [0.15, 0.2) is 36.5 Å². The molecule has 0 aliphatic heterocycles. The van der Waals surface area contributed by atoms with E-state index >= 15 is 0 Å². The number of ether oxygens (including phenoxy) is 2. The maximum absolute atomic E-state index is 5.82. The molecule has 2 N–H and O–H groups in total. The molecule has 100 valence electrons. The SMILES string of the molecule is CCOc1cc(CN)ccc1Oc1ncccc1C. The lowest BCUT2D eigenvalue weighted by molar-refractivity contribution is 0.319. The van der Waals surface area contributed by atoms with E-state index in [1.807, 2.05) is 44.2 Å². The minimum Gasteiger partial charge on any atom is -0.490 e. The summed E-state index contributed by atoms with van der Waals surface area (Å²) in [7, 11) is 0. The molecule has 1 heterocycles. The Balaban J connectivity index is 2.31. The molecule has 0 bridgehead atoms. The highest BCUT2D eigenvalue weighted by atomic mass is 16.5. The molecule has 0 radical (unpaired) electrons. The Morgan fingerprint density at radius 2 is 2.05 bits per heavy atom. The van der Waals surface area contributed by atoms with Gasteiger partial charge in [-0.25, -0.2) is 4.98 Å². The summed E-state index contributed by atoms with van der Waals surface area (Å²) in [5.74, 6) is 1.93. The molecule has 2 rings (SSSR count). The third-order valence-electron chi connectivity index (χ3n) is 2.71. The fourth-order valence-electron chi connectivity index (χ4n) is 1.71. The van der Waals surface area contributed by atoms with Crippen LogP contribution in [-0.2, 0) is 6.54 Å². The molecule has 19 heavy (non-hydrogen) atoms. The molecule has 0 unspecified atom stereocenters. The van der Waals surface area contributed by atoms with Gasteiger partial charge in [-0.05, 0) is 37.6 Å². The third kappa shape index (κ3) is 3.23. The molecule has 0 amide bonds. The van der Waals surface area contributed by atoms with Crippen LogP contribution >= 0.6 is 0 Å². The van der Waals surface area contributed by atoms with E-state index in [-0.39, 0.29) is 0 Å². The van der Waals surface area contributed by atoms with Crippen LogP contribution < -0.4 is 15.2 Å². The van der Waals surface area contributed by atoms with Crippen molar-refractivity contribution in [2.75, 3.05) is 6.61 Å². The standard InChI is InChI=1S/C15H18N2O2/c1-3-18-14-9-12(10-16)6-7-13(14)19-15-11(2)5-4-8-17-15/h4-9H,3,10,16H2,1-2H3. The molecule has 0 aliphatic carbocycles. The van der Waals surface area contributed by atoms with Gasteiger partial charge in [-0.1, -0.05) is 12.1 Å². The van der Waals surface area contributed by atoms with Gasteiger partial charge in [0.25, 0.3) is 0 Å². The monoisotopic (exact) mass is 258 g/mol. The van der Waals surface area contributed by atoms with Crippen molar-refractivity contribution in [3.63, 3.8) is 0 Å². The third-order valence-corrected chi connectivity index (χ3v) is 2.71. The maximum Gasteiger partial charge on any atom is 0.222 e. The summed E-state index contributed by atoms with van der Waals surface area (Å²) in [6.07, 6.45) is 1.71. The predicted octanol–water partition coefficient (Wildman–Crippen LogP) is 3.04. The van der Waals surface area contributed by atoms with Gasteiger partial charge in [0.15, 0.2) is 11.5 Å². The van der Waals surface area contributed by atoms with E-state index < -0.39 is 0 Å². The summed E-state index contributed by atoms with van der Waals surface area (Å²) in [5, 5.41) is 0. The Labute approximate surface area is 113 Å². The van der Waals surface area contributed by atoms with Crippen molar-refractivity contribution >= 4 is 0 Å². The highest BCUT2D eigenvalue weighted by Gasteiger charge is 2.09. The van der Waals surface area contributed by atoms with Crippen LogP contribution in [0.3, 0.4) is 0 Å². The predicted molar refractivity (Wildman–Crippen MR) is 74.6 cm³/mol. The van der Waals surface area contributed by atoms with E-state index in [1.54, 1.807) is 6.20 Å². The smallest absolute Gasteiger partial charge is 0.222 e. The van der Waals surface area contributed by atoms with Gasteiger partial charge in [-0.15, -0.1) is 0 Å². The lowest BCUT2D eigenvalue weighted by atomic mass is 10.2. The molecule has 1 aromatic carbocycles. The number of nitrogens with zero attached hydrogens (tertiary/aromatic N) is 1. The van der Waals surface area contributed by atoms with Crippen LogP contribution in [0.25, 0.3) is 0 Å². The van der Waals surface area contributed by atoms with Crippen molar-refractivity contribution < 1.29 is 9.47 Å². The summed E-state index contributed by atoms with van der Waals surface area (Å²) in [5.41, 5.74) is 7.62. The van der Waals surface area contributed by atoms with Gasteiger partial charge in [0.05, 0.1) is 6.61 Å². The van der Waals surface area contributed by atoms with Crippen molar-refractivity contribution in [1.82, 2.24) is 4.98 Å². The second-order valence-corrected chi connectivity index (χ2v) is 4.15. The molecule has 2 aromatic rings. The van der Waals surface area contributed by atoms with Gasteiger partial charge in [0.2, 0.25) is 5.88 Å². The number of hydrogen-bond acceptors (Lipinski definition) is 4. The van der Waals surface area contributed by atoms with Crippen molar-refractivity contribution in [3.05, 3.63) is 47.7 Å². The van der Waals surface area contributed by atoms with Crippen LogP contribution in [0.4, 0.5) is 0 Å². The Kier molecular flexibility index (Phi) is 4.36. The van der Waals surface area contributed by atoms with Gasteiger partial charge in [-0.2, -0.15) is 0 Å². The van der Waals surface area contributed by atoms with Gasteiger partial charge < -0.3 is 15.2 Å². The Bertz CT molecular complexity index is 556. The molecule has 0 aliphatic rings. The van der Waals surface area contributed by atoms with Crippen LogP contribution in [0.2, 0.25) is 0 Å². The van der Waals surface area contributed by atoms with Crippen LogP contribution in [0.1, 0.15) is 18.1 Å². The Morgan fingerprint density at radius 1 is 1.21 bits per heavy atom. The number of hydrogen-bond donors (Lipinski definition) is 1. The number of pyridine rings is 1. The molecule has 1 aromatic heterocycles. The summed E-state index contributed by atoms with van der Waals surface area (Å²) in [6, 6.07) is 9.52. The van der Waals surface area contributed by atoms with E-state index in [4.69, 9.17) is 15.2 Å². The molecule has 4 nitrogen and oxygen atoms in total. The minimum atomic E-state index is 0.475. The minimum absolute atomic E-state index is 0.475. The normalized spacial score (nSPS) is 10.3. The summed E-state index contributed by atoms with van der Waals surface area (Å²) in [6.45, 7) is 4.94. The highest BCUT2D eigenvalue weighted by molar-refractivity contribution is 5.45. The van der Waals surface area contributed by atoms with Crippen molar-refractivity contribution in [2.45, 2.75) is 20.4 Å². The largest absolute Gasteiger partial charge is 0.490 e. The topological polar surface area (TPSA) is 57.4 Å².